The molecular weight excluding hydrogens is 379 g/mol. The van der Waals surface area contributed by atoms with Gasteiger partial charge in [-0.3, -0.25) is 10.4 Å². The van der Waals surface area contributed by atoms with Gasteiger partial charge in [0.2, 0.25) is 0 Å². The predicted octanol–water partition coefficient (Wildman–Crippen LogP) is 3.78. The Morgan fingerprint density at radius 3 is 2.43 bits per heavy atom. The second-order valence-electron chi connectivity index (χ2n) is 3.49. The molecule has 0 saturated heterocycles. The van der Waals surface area contributed by atoms with Crippen molar-refractivity contribution in [3.63, 3.8) is 0 Å². The molecule has 115 valence electrons. The Balaban J connectivity index is 0.000000677. The fourth-order valence-corrected chi connectivity index (χ4v) is 1.46. The Hall–Kier alpha value is -1.17. The first-order valence-corrected chi connectivity index (χ1v) is 8.63. The third-order valence-corrected chi connectivity index (χ3v) is 2.28. The first-order chi connectivity index (χ1) is 10.3. The van der Waals surface area contributed by atoms with E-state index in [0.717, 1.165) is 24.5 Å². The fourth-order valence-electron chi connectivity index (χ4n) is 1.29. The third-order valence-electron chi connectivity index (χ3n) is 2.08. The van der Waals surface area contributed by atoms with E-state index in [9.17, 15) is 0 Å². The van der Waals surface area contributed by atoms with E-state index < -0.39 is 0 Å². The summed E-state index contributed by atoms with van der Waals surface area (Å²) in [4.78, 5) is 4.11. The number of rotatable bonds is 3. The summed E-state index contributed by atoms with van der Waals surface area (Å²) in [6.07, 6.45) is 3.32. The molecule has 0 bridgehead atoms. The number of anilines is 1. The van der Waals surface area contributed by atoms with Crippen LogP contribution in [-0.2, 0) is 13.1 Å². The summed E-state index contributed by atoms with van der Waals surface area (Å²) in [5, 5.41) is 7.45. The number of nitrogens with one attached hydrogen (secondary N) is 2. The minimum atomic E-state index is 0.438. The molecule has 0 unspecified atom stereocenters. The molecule has 0 spiro atoms. The van der Waals surface area contributed by atoms with Crippen molar-refractivity contribution in [3.05, 3.63) is 60.4 Å². The molecule has 0 amide bonds. The Morgan fingerprint density at radius 2 is 1.81 bits per heavy atom. The number of hydrogen-bond donors (Lipinski definition) is 2. The monoisotopic (exact) mass is 389 g/mol. The van der Waals surface area contributed by atoms with Gasteiger partial charge >= 0.3 is 33.3 Å². The summed E-state index contributed by atoms with van der Waals surface area (Å²) in [5.41, 5.74) is 4.42. The van der Waals surface area contributed by atoms with Crippen LogP contribution >= 0.6 is 32.4 Å². The van der Waals surface area contributed by atoms with Crippen LogP contribution in [0.2, 0.25) is 0 Å². The van der Waals surface area contributed by atoms with E-state index in [1.165, 1.54) is 0 Å². The first kappa shape index (κ1) is 17.9. The number of aromatic nitrogens is 1. The Kier molecular flexibility index (Phi) is 9.78. The molecule has 1 heterocycles. The van der Waals surface area contributed by atoms with Crippen molar-refractivity contribution in [1.29, 1.82) is 0 Å². The van der Waals surface area contributed by atoms with E-state index in [4.69, 9.17) is 12.2 Å². The maximum atomic E-state index is 5.10. The van der Waals surface area contributed by atoms with E-state index >= 15 is 0 Å². The van der Waals surface area contributed by atoms with Crippen molar-refractivity contribution >= 4 is 49.4 Å². The number of hydrogen-bond acceptors (Lipinski definition) is 3. The van der Waals surface area contributed by atoms with Gasteiger partial charge in [-0.1, -0.05) is 24.3 Å². The van der Waals surface area contributed by atoms with Crippen LogP contribution in [0.3, 0.4) is 0 Å². The SMILES string of the molecule is S=C(N/N=C/c1ccccn1)Nc1ccccc1.[Cl][Cu][Cl]. The molecule has 1 aromatic carbocycles. The molecule has 0 aliphatic rings. The molecule has 2 aromatic rings. The zero-order valence-corrected chi connectivity index (χ0v) is 13.9. The summed E-state index contributed by atoms with van der Waals surface area (Å²) in [5.74, 6) is 0. The summed E-state index contributed by atoms with van der Waals surface area (Å²) in [7, 11) is 9.34. The predicted molar refractivity (Wildman–Crippen MR) is 89.3 cm³/mol. The molecule has 2 N–H and O–H groups in total. The van der Waals surface area contributed by atoms with Crippen LogP contribution in [-0.4, -0.2) is 16.3 Å². The average Bonchev–Trinajstić information content (AvgIpc) is 2.50. The molecule has 21 heavy (non-hydrogen) atoms. The minimum absolute atomic E-state index is 0.438. The molecule has 2 rings (SSSR count). The summed E-state index contributed by atoms with van der Waals surface area (Å²) in [6, 6.07) is 15.3. The molecule has 0 saturated carbocycles. The van der Waals surface area contributed by atoms with Crippen LogP contribution in [0.1, 0.15) is 5.69 Å². The van der Waals surface area contributed by atoms with Gasteiger partial charge in [0.1, 0.15) is 0 Å². The molecule has 1 aromatic heterocycles. The van der Waals surface area contributed by atoms with Gasteiger partial charge in [0.25, 0.3) is 0 Å². The molecule has 0 radical (unpaired) electrons. The Bertz CT molecular complexity index is 555. The zero-order chi connectivity index (χ0) is 15.3. The quantitative estimate of drug-likeness (QED) is 0.362. The van der Waals surface area contributed by atoms with Crippen molar-refractivity contribution in [2.45, 2.75) is 0 Å². The number of nitrogens with zero attached hydrogens (tertiary/aromatic N) is 2. The van der Waals surface area contributed by atoms with E-state index in [0.29, 0.717) is 5.11 Å². The van der Waals surface area contributed by atoms with Crippen LogP contribution in [0.25, 0.3) is 0 Å². The number of benzene rings is 1. The number of thiocarbonyl (C=S) groups is 1. The van der Waals surface area contributed by atoms with E-state index in [1.54, 1.807) is 12.4 Å². The van der Waals surface area contributed by atoms with Crippen LogP contribution in [0.5, 0.6) is 0 Å². The molecule has 4 nitrogen and oxygen atoms in total. The Labute approximate surface area is 143 Å². The first-order valence-electron chi connectivity index (χ1n) is 5.63. The van der Waals surface area contributed by atoms with Crippen molar-refractivity contribution in [2.24, 2.45) is 5.10 Å². The van der Waals surface area contributed by atoms with Gasteiger partial charge in [-0.25, -0.2) is 0 Å². The second kappa shape index (κ2) is 11.5. The van der Waals surface area contributed by atoms with E-state index in [1.807, 2.05) is 48.5 Å². The van der Waals surface area contributed by atoms with Gasteiger partial charge in [-0.2, -0.15) is 5.10 Å². The number of hydrazone groups is 1. The average molecular weight is 391 g/mol. The van der Waals surface area contributed by atoms with Crippen LogP contribution in [0.15, 0.2) is 59.8 Å². The molecule has 0 fully saturated rings. The van der Waals surface area contributed by atoms with Gasteiger partial charge in [-0.15, -0.1) is 0 Å². The van der Waals surface area contributed by atoms with Crippen LogP contribution in [0, 0.1) is 0 Å². The summed E-state index contributed by atoms with van der Waals surface area (Å²) >= 11 is 5.85. The van der Waals surface area contributed by atoms with Gasteiger partial charge in [0.05, 0.1) is 11.9 Å². The second-order valence-corrected chi connectivity index (χ2v) is 5.45. The molecule has 8 heteroatoms. The number of halogens is 2. The van der Waals surface area contributed by atoms with E-state index in [-0.39, 0.29) is 0 Å². The summed E-state index contributed by atoms with van der Waals surface area (Å²) < 4.78 is 0. The molecule has 0 atom stereocenters. The van der Waals surface area contributed by atoms with Crippen LogP contribution < -0.4 is 10.7 Å². The maximum absolute atomic E-state index is 5.10. The van der Waals surface area contributed by atoms with E-state index in [2.05, 4.69) is 41.0 Å². The fraction of sp³-hybridized carbons (Fsp3) is 0. The van der Waals surface area contributed by atoms with Gasteiger partial charge in [0.15, 0.2) is 5.11 Å². The van der Waals surface area contributed by atoms with Crippen molar-refractivity contribution in [2.75, 3.05) is 5.32 Å². The number of para-hydroxylation sites is 1. The normalized spacial score (nSPS) is 9.81. The van der Waals surface area contributed by atoms with Crippen molar-refractivity contribution < 1.29 is 13.1 Å². The van der Waals surface area contributed by atoms with Gasteiger partial charge in [0, 0.05) is 11.9 Å². The molecule has 0 aliphatic heterocycles. The summed E-state index contributed by atoms with van der Waals surface area (Å²) in [6.45, 7) is 0. The van der Waals surface area contributed by atoms with Crippen LogP contribution in [0.4, 0.5) is 5.69 Å². The van der Waals surface area contributed by atoms with Gasteiger partial charge < -0.3 is 5.32 Å². The number of pyridine rings is 1. The van der Waals surface area contributed by atoms with Gasteiger partial charge in [-0.05, 0) is 36.5 Å². The zero-order valence-electron chi connectivity index (χ0n) is 10.6. The topological polar surface area (TPSA) is 49.3 Å². The third kappa shape index (κ3) is 8.65. The molecular formula is C13H12Cl2CuN4S. The Morgan fingerprint density at radius 1 is 1.14 bits per heavy atom. The molecule has 0 aliphatic carbocycles. The van der Waals surface area contributed by atoms with Crippen molar-refractivity contribution in [3.8, 4) is 0 Å². The standard InChI is InChI=1S/C13H12N4S.2ClH.Cu/c18-13(16-11-6-2-1-3-7-11)17-15-10-12-8-4-5-9-14-12;;;/h1-10H,(H2,16,17,18);2*1H;/q;;;+2/p-2/b15-10+;;;. The van der Waals surface area contributed by atoms with Crippen molar-refractivity contribution in [1.82, 2.24) is 10.4 Å².